The minimum absolute atomic E-state index is 0.329. The van der Waals surface area contributed by atoms with Crippen LogP contribution >= 0.6 is 0 Å². The molecule has 9 rings (SSSR count). The highest BCUT2D eigenvalue weighted by Crippen LogP contribution is 2.63. The number of fused-ring (bicyclic) bond motifs is 12. The molecule has 0 fully saturated rings. The van der Waals surface area contributed by atoms with E-state index in [1.165, 1.54) is 72.7 Å². The molecule has 1 aliphatic heterocycles. The summed E-state index contributed by atoms with van der Waals surface area (Å²) >= 11 is 0. The summed E-state index contributed by atoms with van der Waals surface area (Å²) in [5.74, 6) is 0. The van der Waals surface area contributed by atoms with Crippen LogP contribution in [0.4, 0.5) is 17.1 Å². The van der Waals surface area contributed by atoms with Crippen molar-refractivity contribution in [3.05, 3.63) is 173 Å². The minimum atomic E-state index is -0.329. The van der Waals surface area contributed by atoms with Gasteiger partial charge < -0.3 is 4.90 Å². The molecule has 0 atom stereocenters. The maximum atomic E-state index is 2.48. The molecular formula is C38H25N. The van der Waals surface area contributed by atoms with E-state index >= 15 is 0 Å². The largest absolute Gasteiger partial charge is 0.310 e. The highest BCUT2D eigenvalue weighted by Gasteiger charge is 2.51. The van der Waals surface area contributed by atoms with Crippen molar-refractivity contribution >= 4 is 17.1 Å². The van der Waals surface area contributed by atoms with E-state index in [9.17, 15) is 0 Å². The molecule has 1 heterocycles. The molecule has 1 nitrogen and oxygen atoms in total. The summed E-state index contributed by atoms with van der Waals surface area (Å²) in [6, 6.07) is 51.9. The molecule has 1 spiro atoms. The van der Waals surface area contributed by atoms with Crippen molar-refractivity contribution in [2.75, 3.05) is 4.90 Å². The topological polar surface area (TPSA) is 3.24 Å². The van der Waals surface area contributed by atoms with Crippen LogP contribution in [0.5, 0.6) is 0 Å². The van der Waals surface area contributed by atoms with Gasteiger partial charge in [0.1, 0.15) is 0 Å². The number of rotatable bonds is 1. The van der Waals surface area contributed by atoms with E-state index in [0.29, 0.717) is 0 Å². The van der Waals surface area contributed by atoms with Crippen LogP contribution in [0, 0.1) is 0 Å². The average molecular weight is 496 g/mol. The number of benzene rings is 6. The van der Waals surface area contributed by atoms with Gasteiger partial charge in [-0.25, -0.2) is 0 Å². The van der Waals surface area contributed by atoms with Gasteiger partial charge in [0.2, 0.25) is 0 Å². The van der Waals surface area contributed by atoms with Gasteiger partial charge in [-0.2, -0.15) is 0 Å². The SMILES string of the molecule is c1ccc2c(c1)Cc1ccccc1N2c1ccc2c(c1)C1(c3ccccc3-c3ccccc31)c1ccccc1-2. The van der Waals surface area contributed by atoms with Gasteiger partial charge in [-0.3, -0.25) is 0 Å². The molecule has 0 saturated carbocycles. The van der Waals surface area contributed by atoms with Crippen molar-refractivity contribution in [1.29, 1.82) is 0 Å². The van der Waals surface area contributed by atoms with Crippen LogP contribution in [0.25, 0.3) is 22.3 Å². The molecule has 6 aromatic carbocycles. The lowest BCUT2D eigenvalue weighted by Crippen LogP contribution is -2.26. The molecule has 3 aliphatic rings. The molecule has 39 heavy (non-hydrogen) atoms. The predicted octanol–water partition coefficient (Wildman–Crippen LogP) is 9.40. The Hall–Kier alpha value is -4.88. The summed E-state index contributed by atoms with van der Waals surface area (Å²) in [6.07, 6.45) is 0.962. The fraction of sp³-hybridized carbons (Fsp3) is 0.0526. The third-order valence-electron chi connectivity index (χ3n) is 9.08. The number of hydrogen-bond donors (Lipinski definition) is 0. The van der Waals surface area contributed by atoms with Gasteiger partial charge in [0.05, 0.1) is 5.41 Å². The predicted molar refractivity (Wildman–Crippen MR) is 160 cm³/mol. The molecule has 0 bridgehead atoms. The summed E-state index contributed by atoms with van der Waals surface area (Å²) in [5.41, 5.74) is 17.0. The Labute approximate surface area is 228 Å². The van der Waals surface area contributed by atoms with Gasteiger partial charge in [-0.05, 0) is 79.9 Å². The van der Waals surface area contributed by atoms with E-state index in [0.717, 1.165) is 6.42 Å². The van der Waals surface area contributed by atoms with Gasteiger partial charge in [0.15, 0.2) is 0 Å². The van der Waals surface area contributed by atoms with Crippen molar-refractivity contribution < 1.29 is 0 Å². The lowest BCUT2D eigenvalue weighted by molar-refractivity contribution is 0.793. The van der Waals surface area contributed by atoms with E-state index in [-0.39, 0.29) is 5.41 Å². The van der Waals surface area contributed by atoms with E-state index in [4.69, 9.17) is 0 Å². The summed E-state index contributed by atoms with van der Waals surface area (Å²) in [7, 11) is 0. The number of para-hydroxylation sites is 2. The highest BCUT2D eigenvalue weighted by molar-refractivity contribution is 5.96. The van der Waals surface area contributed by atoms with Crippen LogP contribution in [-0.4, -0.2) is 0 Å². The van der Waals surface area contributed by atoms with Gasteiger partial charge in [0.25, 0.3) is 0 Å². The van der Waals surface area contributed by atoms with Crippen molar-refractivity contribution in [2.24, 2.45) is 0 Å². The Morgan fingerprint density at radius 2 is 0.846 bits per heavy atom. The highest BCUT2D eigenvalue weighted by atomic mass is 15.2. The fourth-order valence-electron chi connectivity index (χ4n) is 7.59. The molecule has 0 N–H and O–H groups in total. The summed E-state index contributed by atoms with van der Waals surface area (Å²) in [6.45, 7) is 0. The molecule has 2 aliphatic carbocycles. The van der Waals surface area contributed by atoms with Crippen LogP contribution in [0.3, 0.4) is 0 Å². The zero-order valence-corrected chi connectivity index (χ0v) is 21.4. The van der Waals surface area contributed by atoms with E-state index in [1.807, 2.05) is 0 Å². The van der Waals surface area contributed by atoms with Gasteiger partial charge in [-0.15, -0.1) is 0 Å². The Bertz CT molecular complexity index is 1850. The van der Waals surface area contributed by atoms with Crippen molar-refractivity contribution in [1.82, 2.24) is 0 Å². The lowest BCUT2D eigenvalue weighted by Gasteiger charge is -2.35. The second-order valence-electron chi connectivity index (χ2n) is 10.9. The van der Waals surface area contributed by atoms with Gasteiger partial charge >= 0.3 is 0 Å². The van der Waals surface area contributed by atoms with E-state index < -0.39 is 0 Å². The molecule has 0 radical (unpaired) electrons. The van der Waals surface area contributed by atoms with Crippen molar-refractivity contribution in [2.45, 2.75) is 11.8 Å². The van der Waals surface area contributed by atoms with Crippen LogP contribution in [0.15, 0.2) is 140 Å². The molecule has 0 aromatic heterocycles. The Morgan fingerprint density at radius 3 is 1.38 bits per heavy atom. The zero-order chi connectivity index (χ0) is 25.6. The minimum Gasteiger partial charge on any atom is -0.310 e. The molecule has 182 valence electrons. The Kier molecular flexibility index (Phi) is 4.10. The van der Waals surface area contributed by atoms with Crippen molar-refractivity contribution in [3.8, 4) is 22.3 Å². The van der Waals surface area contributed by atoms with Crippen molar-refractivity contribution in [3.63, 3.8) is 0 Å². The zero-order valence-electron chi connectivity index (χ0n) is 21.4. The fourth-order valence-corrected chi connectivity index (χ4v) is 7.59. The Balaban J connectivity index is 1.37. The van der Waals surface area contributed by atoms with Crippen LogP contribution in [-0.2, 0) is 11.8 Å². The monoisotopic (exact) mass is 495 g/mol. The first-order chi connectivity index (χ1) is 19.4. The number of hydrogen-bond acceptors (Lipinski definition) is 1. The summed E-state index contributed by atoms with van der Waals surface area (Å²) in [5, 5.41) is 0. The first-order valence-corrected chi connectivity index (χ1v) is 13.8. The third kappa shape index (κ3) is 2.60. The quantitative estimate of drug-likeness (QED) is 0.219. The summed E-state index contributed by atoms with van der Waals surface area (Å²) < 4.78 is 0. The van der Waals surface area contributed by atoms with Crippen LogP contribution in [0.1, 0.15) is 33.4 Å². The molecule has 1 heteroatoms. The second kappa shape index (κ2) is 7.58. The van der Waals surface area contributed by atoms with Gasteiger partial charge in [0, 0.05) is 23.5 Å². The van der Waals surface area contributed by atoms with E-state index in [2.05, 4.69) is 144 Å². The van der Waals surface area contributed by atoms with Crippen LogP contribution < -0.4 is 4.90 Å². The Morgan fingerprint density at radius 1 is 0.410 bits per heavy atom. The molecule has 0 amide bonds. The first kappa shape index (κ1) is 21.1. The molecular weight excluding hydrogens is 470 g/mol. The third-order valence-corrected chi connectivity index (χ3v) is 9.08. The van der Waals surface area contributed by atoms with Crippen LogP contribution in [0.2, 0.25) is 0 Å². The summed E-state index contributed by atoms with van der Waals surface area (Å²) in [4.78, 5) is 2.47. The smallest absolute Gasteiger partial charge is 0.0726 e. The second-order valence-corrected chi connectivity index (χ2v) is 10.9. The molecule has 0 saturated heterocycles. The number of nitrogens with zero attached hydrogens (tertiary/aromatic N) is 1. The standard InChI is InChI=1S/C38H25N/c1-9-19-36-25(11-1)23-26-12-2-10-20-37(26)39(36)27-21-22-31-30-15-5-8-18-34(30)38(35(31)24-27)32-16-6-3-13-28(32)29-14-4-7-17-33(29)38/h1-22,24H,23H2. The maximum absolute atomic E-state index is 2.48. The maximum Gasteiger partial charge on any atom is 0.0726 e. The first-order valence-electron chi connectivity index (χ1n) is 13.8. The normalized spacial score (nSPS) is 14.7. The lowest BCUT2D eigenvalue weighted by atomic mass is 9.70. The van der Waals surface area contributed by atoms with Gasteiger partial charge in [-0.1, -0.05) is 115 Å². The molecule has 0 unspecified atom stereocenters. The number of anilines is 3. The molecule has 6 aromatic rings. The average Bonchev–Trinajstić information content (AvgIpc) is 3.47. The van der Waals surface area contributed by atoms with E-state index in [1.54, 1.807) is 0 Å².